The first-order valence-electron chi connectivity index (χ1n) is 5.05. The van der Waals surface area contributed by atoms with Gasteiger partial charge in [-0.05, 0) is 32.0 Å². The minimum absolute atomic E-state index is 0.274. The van der Waals surface area contributed by atoms with E-state index < -0.39 is 11.4 Å². The van der Waals surface area contributed by atoms with Crippen LogP contribution in [-0.4, -0.2) is 15.0 Å². The Morgan fingerprint density at radius 2 is 2.12 bits per heavy atom. The minimum atomic E-state index is -0.579. The zero-order chi connectivity index (χ0) is 12.6. The molecule has 6 heteroatoms. The monoisotopic (exact) mass is 254 g/mol. The van der Waals surface area contributed by atoms with Gasteiger partial charge in [0.05, 0.1) is 22.4 Å². The Morgan fingerprint density at radius 3 is 2.65 bits per heavy atom. The molecule has 0 bridgehead atoms. The van der Waals surface area contributed by atoms with Crippen molar-refractivity contribution in [3.05, 3.63) is 40.9 Å². The molecule has 0 aliphatic rings. The third kappa shape index (κ3) is 2.45. The van der Waals surface area contributed by atoms with E-state index in [-0.39, 0.29) is 5.02 Å². The molecular formula is C11H12ClFN4. The Labute approximate surface area is 103 Å². The summed E-state index contributed by atoms with van der Waals surface area (Å²) in [5.74, 6) is -0.391. The van der Waals surface area contributed by atoms with Crippen molar-refractivity contribution >= 4 is 11.6 Å². The van der Waals surface area contributed by atoms with Crippen LogP contribution in [0.4, 0.5) is 4.39 Å². The van der Waals surface area contributed by atoms with Crippen molar-refractivity contribution in [1.82, 2.24) is 15.0 Å². The third-order valence-corrected chi connectivity index (χ3v) is 2.61. The lowest BCUT2D eigenvalue weighted by molar-refractivity contribution is 0.533. The van der Waals surface area contributed by atoms with Crippen LogP contribution < -0.4 is 5.73 Å². The van der Waals surface area contributed by atoms with Crippen LogP contribution >= 0.6 is 11.6 Å². The molecule has 0 aliphatic carbocycles. The van der Waals surface area contributed by atoms with E-state index in [0.717, 1.165) is 0 Å². The average Bonchev–Trinajstić information content (AvgIpc) is 2.65. The number of aromatic nitrogens is 3. The maximum atomic E-state index is 12.9. The lowest BCUT2D eigenvalue weighted by Crippen LogP contribution is -2.29. The Bertz CT molecular complexity index is 545. The summed E-state index contributed by atoms with van der Waals surface area (Å²) >= 11 is 5.93. The topological polar surface area (TPSA) is 56.7 Å². The first kappa shape index (κ1) is 12.0. The lowest BCUT2D eigenvalue weighted by atomic mass is 10.0. The molecule has 2 N–H and O–H groups in total. The number of hydrogen-bond acceptors (Lipinski definition) is 3. The van der Waals surface area contributed by atoms with Gasteiger partial charge in [0.2, 0.25) is 0 Å². The van der Waals surface area contributed by atoms with Crippen LogP contribution in [0.1, 0.15) is 19.5 Å². The van der Waals surface area contributed by atoms with E-state index in [0.29, 0.717) is 11.4 Å². The normalized spacial score (nSPS) is 11.8. The number of nitrogens with two attached hydrogens (primary N) is 1. The molecule has 0 fully saturated rings. The molecule has 1 heterocycles. The zero-order valence-electron chi connectivity index (χ0n) is 9.48. The second-order valence-electron chi connectivity index (χ2n) is 4.37. The fraction of sp³-hybridized carbons (Fsp3) is 0.273. The summed E-state index contributed by atoms with van der Waals surface area (Å²) < 4.78 is 14.4. The van der Waals surface area contributed by atoms with Crippen LogP contribution in [0.2, 0.25) is 5.02 Å². The summed E-state index contributed by atoms with van der Waals surface area (Å²) in [5.41, 5.74) is 6.53. The van der Waals surface area contributed by atoms with Crippen LogP contribution in [0.15, 0.2) is 24.4 Å². The van der Waals surface area contributed by atoms with Gasteiger partial charge in [-0.3, -0.25) is 0 Å². The van der Waals surface area contributed by atoms with E-state index in [1.54, 1.807) is 12.3 Å². The molecule has 4 nitrogen and oxygen atoms in total. The van der Waals surface area contributed by atoms with Crippen LogP contribution in [0.5, 0.6) is 0 Å². The van der Waals surface area contributed by atoms with E-state index in [1.165, 1.54) is 16.8 Å². The standard InChI is InChI=1S/C11H12ClFN4/c1-11(2,14)10-6-17(16-15-10)9-4-3-7(13)5-8(9)12/h3-6H,14H2,1-2H3. The molecule has 0 saturated heterocycles. The zero-order valence-corrected chi connectivity index (χ0v) is 10.2. The molecule has 17 heavy (non-hydrogen) atoms. The fourth-order valence-electron chi connectivity index (χ4n) is 1.34. The summed E-state index contributed by atoms with van der Waals surface area (Å²) in [6.07, 6.45) is 1.68. The Morgan fingerprint density at radius 1 is 1.41 bits per heavy atom. The lowest BCUT2D eigenvalue weighted by Gasteiger charge is -2.13. The number of halogens is 2. The van der Waals surface area contributed by atoms with Crippen molar-refractivity contribution in [2.24, 2.45) is 5.73 Å². The van der Waals surface area contributed by atoms with E-state index in [4.69, 9.17) is 17.3 Å². The number of hydrogen-bond donors (Lipinski definition) is 1. The summed E-state index contributed by atoms with van der Waals surface area (Å²) in [5, 5.41) is 8.16. The quantitative estimate of drug-likeness (QED) is 0.894. The van der Waals surface area contributed by atoms with Crippen molar-refractivity contribution in [1.29, 1.82) is 0 Å². The average molecular weight is 255 g/mol. The second-order valence-corrected chi connectivity index (χ2v) is 4.77. The Balaban J connectivity index is 2.44. The smallest absolute Gasteiger partial charge is 0.124 e. The Kier molecular flexibility index (Phi) is 2.89. The maximum Gasteiger partial charge on any atom is 0.124 e. The molecule has 90 valence electrons. The van der Waals surface area contributed by atoms with Gasteiger partial charge in [0, 0.05) is 0 Å². The third-order valence-electron chi connectivity index (χ3n) is 2.31. The summed E-state index contributed by atoms with van der Waals surface area (Å²) in [6, 6.07) is 4.08. The SMILES string of the molecule is CC(C)(N)c1cn(-c2ccc(F)cc2Cl)nn1. The predicted octanol–water partition coefficient (Wildman–Crippen LogP) is 2.25. The van der Waals surface area contributed by atoms with Crippen molar-refractivity contribution in [3.63, 3.8) is 0 Å². The molecule has 0 spiro atoms. The van der Waals surface area contributed by atoms with Crippen molar-refractivity contribution in [2.75, 3.05) is 0 Å². The van der Waals surface area contributed by atoms with Gasteiger partial charge in [0.15, 0.2) is 0 Å². The summed E-state index contributed by atoms with van der Waals surface area (Å²) in [7, 11) is 0. The second kappa shape index (κ2) is 4.09. The van der Waals surface area contributed by atoms with E-state index in [2.05, 4.69) is 10.3 Å². The van der Waals surface area contributed by atoms with Gasteiger partial charge in [0.1, 0.15) is 11.5 Å². The Hall–Kier alpha value is -1.46. The van der Waals surface area contributed by atoms with E-state index >= 15 is 0 Å². The molecule has 0 saturated carbocycles. The number of nitrogens with zero attached hydrogens (tertiary/aromatic N) is 3. The highest BCUT2D eigenvalue weighted by molar-refractivity contribution is 6.32. The van der Waals surface area contributed by atoms with Gasteiger partial charge < -0.3 is 5.73 Å². The van der Waals surface area contributed by atoms with Crippen LogP contribution in [0.25, 0.3) is 5.69 Å². The predicted molar refractivity (Wildman–Crippen MR) is 63.5 cm³/mol. The molecule has 0 unspecified atom stereocenters. The molecule has 0 amide bonds. The van der Waals surface area contributed by atoms with Crippen molar-refractivity contribution in [3.8, 4) is 5.69 Å². The van der Waals surface area contributed by atoms with Gasteiger partial charge in [-0.25, -0.2) is 9.07 Å². The number of benzene rings is 1. The molecular weight excluding hydrogens is 243 g/mol. The molecule has 2 rings (SSSR count). The minimum Gasteiger partial charge on any atom is -0.320 e. The highest BCUT2D eigenvalue weighted by Gasteiger charge is 2.19. The first-order valence-corrected chi connectivity index (χ1v) is 5.43. The highest BCUT2D eigenvalue weighted by atomic mass is 35.5. The highest BCUT2D eigenvalue weighted by Crippen LogP contribution is 2.22. The van der Waals surface area contributed by atoms with Crippen LogP contribution in [0, 0.1) is 5.82 Å². The molecule has 0 atom stereocenters. The van der Waals surface area contributed by atoms with Gasteiger partial charge in [-0.15, -0.1) is 5.10 Å². The number of rotatable bonds is 2. The van der Waals surface area contributed by atoms with Crippen LogP contribution in [-0.2, 0) is 5.54 Å². The molecule has 0 radical (unpaired) electrons. The van der Waals surface area contributed by atoms with Crippen molar-refractivity contribution < 1.29 is 4.39 Å². The van der Waals surface area contributed by atoms with Crippen LogP contribution in [0.3, 0.4) is 0 Å². The molecule has 1 aromatic heterocycles. The maximum absolute atomic E-state index is 12.9. The molecule has 1 aromatic carbocycles. The van der Waals surface area contributed by atoms with Crippen molar-refractivity contribution in [2.45, 2.75) is 19.4 Å². The largest absolute Gasteiger partial charge is 0.320 e. The van der Waals surface area contributed by atoms with Gasteiger partial charge in [-0.2, -0.15) is 0 Å². The molecule has 2 aromatic rings. The summed E-state index contributed by atoms with van der Waals surface area (Å²) in [6.45, 7) is 3.65. The van der Waals surface area contributed by atoms with Gasteiger partial charge >= 0.3 is 0 Å². The van der Waals surface area contributed by atoms with E-state index in [9.17, 15) is 4.39 Å². The fourth-order valence-corrected chi connectivity index (χ4v) is 1.60. The molecule has 0 aliphatic heterocycles. The van der Waals surface area contributed by atoms with E-state index in [1.807, 2.05) is 13.8 Å². The first-order chi connectivity index (χ1) is 7.88. The van der Waals surface area contributed by atoms with Gasteiger partial charge in [0.25, 0.3) is 0 Å². The van der Waals surface area contributed by atoms with Gasteiger partial charge in [-0.1, -0.05) is 16.8 Å². The summed E-state index contributed by atoms with van der Waals surface area (Å²) in [4.78, 5) is 0.